The Morgan fingerprint density at radius 3 is 2.33 bits per heavy atom. The van der Waals surface area contributed by atoms with Crippen molar-refractivity contribution in [1.82, 2.24) is 9.55 Å². The smallest absolute Gasteiger partial charge is 0.323 e. The van der Waals surface area contributed by atoms with Gasteiger partial charge in [-0.1, -0.05) is 26.8 Å². The maximum Gasteiger partial charge on any atom is 0.323 e. The lowest BCUT2D eigenvalue weighted by Gasteiger charge is -2.23. The van der Waals surface area contributed by atoms with Crippen LogP contribution in [0.2, 0.25) is 0 Å². The van der Waals surface area contributed by atoms with Crippen LogP contribution in [0.5, 0.6) is 0 Å². The van der Waals surface area contributed by atoms with Crippen molar-refractivity contribution >= 4 is 33.6 Å². The molecule has 3 rings (SSSR count). The lowest BCUT2D eigenvalue weighted by atomic mass is 9.91. The largest absolute Gasteiger partial charge is 0.480 e. The number of hydrogen-bond acceptors (Lipinski definition) is 4. The van der Waals surface area contributed by atoms with Crippen LogP contribution in [0.4, 0.5) is 5.69 Å². The summed E-state index contributed by atoms with van der Waals surface area (Å²) in [5, 5.41) is 10.5. The molecule has 1 N–H and O–H groups in total. The molecule has 142 valence electrons. The third-order valence-electron chi connectivity index (χ3n) is 4.75. The van der Waals surface area contributed by atoms with E-state index in [0.717, 1.165) is 16.9 Å². The molecule has 0 aliphatic rings. The number of hydrogen-bond donors (Lipinski definition) is 1. The molecule has 6 heteroatoms. The second-order valence-electron chi connectivity index (χ2n) is 8.15. The van der Waals surface area contributed by atoms with E-state index in [0.29, 0.717) is 21.9 Å². The summed E-state index contributed by atoms with van der Waals surface area (Å²) in [5.41, 5.74) is 3.29. The van der Waals surface area contributed by atoms with Crippen molar-refractivity contribution in [3.8, 4) is 0 Å². The quantitative estimate of drug-likeness (QED) is 0.719. The number of carbonyl (C=O) groups is 1. The minimum atomic E-state index is -0.976. The molecule has 27 heavy (non-hydrogen) atoms. The number of aryl methyl sites for hydroxylation is 1. The third kappa shape index (κ3) is 3.16. The van der Waals surface area contributed by atoms with Gasteiger partial charge >= 0.3 is 5.97 Å². The van der Waals surface area contributed by atoms with Gasteiger partial charge in [0.1, 0.15) is 12.2 Å². The van der Waals surface area contributed by atoms with Crippen molar-refractivity contribution in [2.75, 3.05) is 19.0 Å². The van der Waals surface area contributed by atoms with Crippen molar-refractivity contribution < 1.29 is 9.90 Å². The van der Waals surface area contributed by atoms with Gasteiger partial charge in [0.25, 0.3) is 0 Å². The summed E-state index contributed by atoms with van der Waals surface area (Å²) in [5.74, 6) is -0.976. The molecule has 0 bridgehead atoms. The number of pyridine rings is 2. The highest BCUT2D eigenvalue weighted by atomic mass is 16.4. The minimum Gasteiger partial charge on any atom is -0.480 e. The Morgan fingerprint density at radius 1 is 1.15 bits per heavy atom. The van der Waals surface area contributed by atoms with Crippen LogP contribution in [0.25, 0.3) is 21.9 Å². The van der Waals surface area contributed by atoms with Crippen LogP contribution in [0.3, 0.4) is 0 Å². The lowest BCUT2D eigenvalue weighted by Crippen LogP contribution is -2.22. The Labute approximate surface area is 158 Å². The fourth-order valence-corrected chi connectivity index (χ4v) is 3.49. The molecule has 0 unspecified atom stereocenters. The van der Waals surface area contributed by atoms with Gasteiger partial charge < -0.3 is 14.6 Å². The number of anilines is 1. The fraction of sp³-hybridized carbons (Fsp3) is 0.381. The van der Waals surface area contributed by atoms with E-state index < -0.39 is 5.97 Å². The number of rotatable bonds is 3. The zero-order valence-corrected chi connectivity index (χ0v) is 16.6. The summed E-state index contributed by atoms with van der Waals surface area (Å²) in [7, 11) is 3.78. The van der Waals surface area contributed by atoms with Gasteiger partial charge in [-0.3, -0.25) is 9.59 Å². The lowest BCUT2D eigenvalue weighted by molar-refractivity contribution is -0.137. The number of fused-ring (bicyclic) bond motifs is 2. The second-order valence-corrected chi connectivity index (χ2v) is 8.15. The predicted molar refractivity (Wildman–Crippen MR) is 109 cm³/mol. The molecule has 2 heterocycles. The van der Waals surface area contributed by atoms with Crippen LogP contribution < -0.4 is 10.3 Å². The molecule has 0 spiro atoms. The fourth-order valence-electron chi connectivity index (χ4n) is 3.49. The molecule has 0 fully saturated rings. The van der Waals surface area contributed by atoms with Gasteiger partial charge in [0.15, 0.2) is 5.43 Å². The van der Waals surface area contributed by atoms with E-state index >= 15 is 0 Å². The summed E-state index contributed by atoms with van der Waals surface area (Å²) >= 11 is 0. The molecule has 0 saturated carbocycles. The summed E-state index contributed by atoms with van der Waals surface area (Å²) in [6.45, 7) is 7.80. The SMILES string of the molecule is Cc1ccc2c(=O)c3ccc(C(C)(C)C)nc3n(CC(=O)O)c2c1N(C)C. The number of carboxylic acids is 1. The molecule has 0 atom stereocenters. The Morgan fingerprint density at radius 2 is 1.78 bits per heavy atom. The zero-order valence-electron chi connectivity index (χ0n) is 16.6. The number of benzene rings is 1. The monoisotopic (exact) mass is 367 g/mol. The number of carboxylic acid groups (broad SMARTS) is 1. The van der Waals surface area contributed by atoms with E-state index in [-0.39, 0.29) is 17.4 Å². The summed E-state index contributed by atoms with van der Waals surface area (Å²) < 4.78 is 1.66. The van der Waals surface area contributed by atoms with Gasteiger partial charge in [-0.2, -0.15) is 0 Å². The number of aliphatic carboxylic acids is 1. The van der Waals surface area contributed by atoms with Crippen molar-refractivity contribution in [2.45, 2.75) is 39.7 Å². The molecule has 0 amide bonds. The summed E-state index contributed by atoms with van der Waals surface area (Å²) in [6, 6.07) is 7.28. The van der Waals surface area contributed by atoms with Crippen molar-refractivity contribution in [3.63, 3.8) is 0 Å². The molecule has 3 aromatic rings. The maximum absolute atomic E-state index is 13.2. The molecule has 6 nitrogen and oxygen atoms in total. The maximum atomic E-state index is 13.2. The van der Waals surface area contributed by atoms with Gasteiger partial charge in [-0.05, 0) is 30.7 Å². The van der Waals surface area contributed by atoms with Crippen LogP contribution in [-0.2, 0) is 16.8 Å². The molecule has 1 aromatic carbocycles. The number of aromatic nitrogens is 2. The summed E-state index contributed by atoms with van der Waals surface area (Å²) in [6.07, 6.45) is 0. The van der Waals surface area contributed by atoms with Crippen LogP contribution >= 0.6 is 0 Å². The molecule has 2 aromatic heterocycles. The minimum absolute atomic E-state index is 0.127. The van der Waals surface area contributed by atoms with E-state index in [9.17, 15) is 14.7 Å². The van der Waals surface area contributed by atoms with Crippen LogP contribution in [0.1, 0.15) is 32.0 Å². The average Bonchev–Trinajstić information content (AvgIpc) is 2.56. The molecule has 0 saturated heterocycles. The van der Waals surface area contributed by atoms with E-state index in [1.807, 2.05) is 58.8 Å². The van der Waals surface area contributed by atoms with Gasteiger partial charge in [0.05, 0.1) is 16.6 Å². The van der Waals surface area contributed by atoms with Crippen molar-refractivity contribution in [1.29, 1.82) is 0 Å². The van der Waals surface area contributed by atoms with Crippen molar-refractivity contribution in [2.24, 2.45) is 0 Å². The highest BCUT2D eigenvalue weighted by Gasteiger charge is 2.22. The van der Waals surface area contributed by atoms with E-state index in [4.69, 9.17) is 4.98 Å². The van der Waals surface area contributed by atoms with E-state index in [2.05, 4.69) is 0 Å². The highest BCUT2D eigenvalue weighted by Crippen LogP contribution is 2.31. The third-order valence-corrected chi connectivity index (χ3v) is 4.75. The van der Waals surface area contributed by atoms with Crippen molar-refractivity contribution in [3.05, 3.63) is 45.7 Å². The van der Waals surface area contributed by atoms with Gasteiger partial charge in [-0.15, -0.1) is 0 Å². The highest BCUT2D eigenvalue weighted by molar-refractivity contribution is 6.00. The molecule has 0 aliphatic carbocycles. The number of nitrogens with zero attached hydrogens (tertiary/aromatic N) is 3. The van der Waals surface area contributed by atoms with Gasteiger partial charge in [0, 0.05) is 30.6 Å². The molecular weight excluding hydrogens is 342 g/mol. The second kappa shape index (κ2) is 6.37. The first-order chi connectivity index (χ1) is 12.5. The Bertz CT molecular complexity index is 1120. The first kappa shape index (κ1) is 18.9. The predicted octanol–water partition coefficient (Wildman–Crippen LogP) is 3.31. The Balaban J connectivity index is 2.61. The normalized spacial score (nSPS) is 11.9. The molecule has 0 radical (unpaired) electrons. The van der Waals surface area contributed by atoms with E-state index in [1.54, 1.807) is 16.7 Å². The van der Waals surface area contributed by atoms with Gasteiger partial charge in [0.2, 0.25) is 0 Å². The first-order valence-electron chi connectivity index (χ1n) is 8.89. The zero-order chi connectivity index (χ0) is 20.1. The first-order valence-corrected chi connectivity index (χ1v) is 8.89. The summed E-state index contributed by atoms with van der Waals surface area (Å²) in [4.78, 5) is 31.4. The van der Waals surface area contributed by atoms with E-state index in [1.165, 1.54) is 0 Å². The van der Waals surface area contributed by atoms with Crippen LogP contribution in [0.15, 0.2) is 29.1 Å². The Kier molecular flexibility index (Phi) is 4.46. The van der Waals surface area contributed by atoms with Crippen LogP contribution in [0, 0.1) is 6.92 Å². The average molecular weight is 367 g/mol. The van der Waals surface area contributed by atoms with Crippen LogP contribution in [-0.4, -0.2) is 34.7 Å². The topological polar surface area (TPSA) is 75.4 Å². The molecular formula is C21H25N3O3. The standard InChI is InChI=1S/C21H25N3O3/c1-12-7-8-13-18(17(12)23(5)6)24(11-16(25)26)20-14(19(13)27)9-10-15(22-20)21(2,3)4/h7-10H,11H2,1-6H3,(H,25,26). The molecule has 0 aliphatic heterocycles. The van der Waals surface area contributed by atoms with Gasteiger partial charge in [-0.25, -0.2) is 4.98 Å². The Hall–Kier alpha value is -2.89.